The van der Waals surface area contributed by atoms with Crippen LogP contribution >= 0.6 is 0 Å². The molecular formula is C27H28N4O4S. The Labute approximate surface area is 211 Å². The molecule has 186 valence electrons. The van der Waals surface area contributed by atoms with Gasteiger partial charge >= 0.3 is 0 Å². The van der Waals surface area contributed by atoms with Gasteiger partial charge in [-0.1, -0.05) is 43.7 Å². The lowest BCUT2D eigenvalue weighted by Gasteiger charge is -2.10. The van der Waals surface area contributed by atoms with Crippen LogP contribution in [0.3, 0.4) is 0 Å². The van der Waals surface area contributed by atoms with Gasteiger partial charge in [0.1, 0.15) is 23.1 Å². The molecule has 1 amide bonds. The second-order valence-corrected chi connectivity index (χ2v) is 10.9. The minimum absolute atomic E-state index is 0.0359. The SMILES string of the molecule is CCCCOc1cccc(-c2nn(-c3ccccc3)cc2C=C(C#N)C(=O)NC2CCS(=O)(=O)C2)c1. The number of nitriles is 1. The van der Waals surface area contributed by atoms with Crippen LogP contribution in [0.2, 0.25) is 0 Å². The third-order valence-electron chi connectivity index (χ3n) is 5.87. The number of sulfone groups is 1. The van der Waals surface area contributed by atoms with Crippen molar-refractivity contribution in [2.24, 2.45) is 0 Å². The first-order valence-corrected chi connectivity index (χ1v) is 13.7. The zero-order valence-corrected chi connectivity index (χ0v) is 20.9. The molecule has 0 aliphatic carbocycles. The van der Waals surface area contributed by atoms with Crippen LogP contribution in [0, 0.1) is 11.3 Å². The number of nitrogens with one attached hydrogen (secondary N) is 1. The van der Waals surface area contributed by atoms with Crippen molar-refractivity contribution in [3.05, 3.63) is 71.9 Å². The summed E-state index contributed by atoms with van der Waals surface area (Å²) in [5, 5.41) is 17.2. The first-order valence-electron chi connectivity index (χ1n) is 11.9. The number of hydrogen-bond donors (Lipinski definition) is 1. The largest absolute Gasteiger partial charge is 0.494 e. The van der Waals surface area contributed by atoms with Gasteiger partial charge < -0.3 is 10.1 Å². The van der Waals surface area contributed by atoms with Crippen LogP contribution in [-0.2, 0) is 14.6 Å². The third kappa shape index (κ3) is 6.20. The van der Waals surface area contributed by atoms with Crippen molar-refractivity contribution in [3.63, 3.8) is 0 Å². The van der Waals surface area contributed by atoms with Crippen molar-refractivity contribution in [1.82, 2.24) is 15.1 Å². The van der Waals surface area contributed by atoms with Gasteiger partial charge in [0, 0.05) is 23.4 Å². The predicted octanol–water partition coefficient (Wildman–Crippen LogP) is 3.93. The summed E-state index contributed by atoms with van der Waals surface area (Å²) in [4.78, 5) is 12.8. The Bertz CT molecular complexity index is 1410. The Morgan fingerprint density at radius 2 is 2.06 bits per heavy atom. The lowest BCUT2D eigenvalue weighted by molar-refractivity contribution is -0.117. The summed E-state index contributed by atoms with van der Waals surface area (Å²) in [5.41, 5.74) is 2.65. The van der Waals surface area contributed by atoms with Crippen LogP contribution in [-0.4, -0.2) is 48.3 Å². The lowest BCUT2D eigenvalue weighted by atomic mass is 10.1. The first kappa shape index (κ1) is 25.2. The Morgan fingerprint density at radius 3 is 2.75 bits per heavy atom. The van der Waals surface area contributed by atoms with Crippen LogP contribution < -0.4 is 10.1 Å². The van der Waals surface area contributed by atoms with E-state index in [2.05, 4.69) is 12.2 Å². The standard InChI is InChI=1S/C27H28N4O4S/c1-2-3-13-35-25-11-7-8-20(16-25)26-22(18-31(30-26)24-9-5-4-6-10-24)15-21(17-28)27(32)29-23-12-14-36(33,34)19-23/h4-11,15-16,18,23H,2-3,12-14,19H2,1H3,(H,29,32). The zero-order valence-electron chi connectivity index (χ0n) is 20.1. The summed E-state index contributed by atoms with van der Waals surface area (Å²) in [7, 11) is -3.16. The van der Waals surface area contributed by atoms with Gasteiger partial charge in [-0.05, 0) is 43.2 Å². The number of para-hydroxylation sites is 1. The topological polar surface area (TPSA) is 114 Å². The van der Waals surface area contributed by atoms with Crippen LogP contribution in [0.1, 0.15) is 31.7 Å². The average Bonchev–Trinajstić information content (AvgIpc) is 3.45. The minimum atomic E-state index is -3.16. The molecule has 3 aromatic rings. The molecule has 2 heterocycles. The number of carbonyl (C=O) groups excluding carboxylic acids is 1. The van der Waals surface area contributed by atoms with Crippen LogP contribution in [0.25, 0.3) is 23.0 Å². The fourth-order valence-corrected chi connectivity index (χ4v) is 5.65. The van der Waals surface area contributed by atoms with Gasteiger partial charge in [-0.3, -0.25) is 4.79 Å². The number of carbonyl (C=O) groups is 1. The van der Waals surface area contributed by atoms with E-state index in [9.17, 15) is 18.5 Å². The number of unbranched alkanes of at least 4 members (excludes halogenated alkanes) is 1. The van der Waals surface area contributed by atoms with E-state index in [1.165, 1.54) is 6.08 Å². The molecule has 1 unspecified atom stereocenters. The van der Waals surface area contributed by atoms with E-state index in [1.54, 1.807) is 10.9 Å². The smallest absolute Gasteiger partial charge is 0.262 e. The number of rotatable bonds is 9. The average molecular weight is 505 g/mol. The highest BCUT2D eigenvalue weighted by Gasteiger charge is 2.29. The monoisotopic (exact) mass is 504 g/mol. The second-order valence-electron chi connectivity index (χ2n) is 8.69. The number of ether oxygens (including phenoxy) is 1. The molecule has 1 aliphatic heterocycles. The van der Waals surface area contributed by atoms with Gasteiger partial charge in [0.15, 0.2) is 9.84 Å². The maximum atomic E-state index is 12.8. The number of benzene rings is 2. The molecule has 1 N–H and O–H groups in total. The maximum absolute atomic E-state index is 12.8. The molecule has 0 spiro atoms. The Balaban J connectivity index is 1.69. The van der Waals surface area contributed by atoms with Gasteiger partial charge in [0.25, 0.3) is 5.91 Å². The molecule has 1 fully saturated rings. The quantitative estimate of drug-likeness (QED) is 0.268. The van der Waals surface area contributed by atoms with Crippen LogP contribution in [0.15, 0.2) is 66.4 Å². The molecular weight excluding hydrogens is 476 g/mol. The number of hydrogen-bond acceptors (Lipinski definition) is 6. The number of nitrogens with zero attached hydrogens (tertiary/aromatic N) is 3. The summed E-state index contributed by atoms with van der Waals surface area (Å²) in [6.07, 6.45) is 5.57. The highest BCUT2D eigenvalue weighted by molar-refractivity contribution is 7.91. The molecule has 9 heteroatoms. The van der Waals surface area contributed by atoms with E-state index >= 15 is 0 Å². The minimum Gasteiger partial charge on any atom is -0.494 e. The van der Waals surface area contributed by atoms with Crippen LogP contribution in [0.4, 0.5) is 0 Å². The molecule has 0 bridgehead atoms. The van der Waals surface area contributed by atoms with E-state index in [0.29, 0.717) is 30.0 Å². The van der Waals surface area contributed by atoms with Gasteiger partial charge in [0.2, 0.25) is 0 Å². The van der Waals surface area contributed by atoms with Gasteiger partial charge in [-0.25, -0.2) is 13.1 Å². The molecule has 1 aromatic heterocycles. The lowest BCUT2D eigenvalue weighted by Crippen LogP contribution is -2.36. The van der Waals surface area contributed by atoms with E-state index in [4.69, 9.17) is 9.84 Å². The zero-order chi connectivity index (χ0) is 25.5. The van der Waals surface area contributed by atoms with Gasteiger partial charge in [0.05, 0.1) is 23.8 Å². The molecule has 1 atom stereocenters. The molecule has 4 rings (SSSR count). The Morgan fingerprint density at radius 1 is 1.25 bits per heavy atom. The van der Waals surface area contributed by atoms with E-state index < -0.39 is 21.8 Å². The molecule has 2 aromatic carbocycles. The predicted molar refractivity (Wildman–Crippen MR) is 138 cm³/mol. The molecule has 8 nitrogen and oxygen atoms in total. The Hall–Kier alpha value is -3.90. The van der Waals surface area contributed by atoms with Crippen LogP contribution in [0.5, 0.6) is 5.75 Å². The van der Waals surface area contributed by atoms with Crippen molar-refractivity contribution < 1.29 is 17.9 Å². The fourth-order valence-electron chi connectivity index (χ4n) is 3.97. The molecule has 0 saturated carbocycles. The summed E-state index contributed by atoms with van der Waals surface area (Å²) < 4.78 is 31.1. The summed E-state index contributed by atoms with van der Waals surface area (Å²) >= 11 is 0. The molecule has 36 heavy (non-hydrogen) atoms. The third-order valence-corrected chi connectivity index (χ3v) is 7.64. The van der Waals surface area contributed by atoms with Crippen molar-refractivity contribution >= 4 is 21.8 Å². The summed E-state index contributed by atoms with van der Waals surface area (Å²) in [5.74, 6) is 0.0358. The van der Waals surface area contributed by atoms with E-state index in [1.807, 2.05) is 60.7 Å². The Kier molecular flexibility index (Phi) is 7.86. The summed E-state index contributed by atoms with van der Waals surface area (Å²) in [6, 6.07) is 18.5. The second kappa shape index (κ2) is 11.2. The highest BCUT2D eigenvalue weighted by atomic mass is 32.2. The van der Waals surface area contributed by atoms with Crippen molar-refractivity contribution in [2.45, 2.75) is 32.2 Å². The molecule has 0 radical (unpaired) electrons. The van der Waals surface area contributed by atoms with Gasteiger partial charge in [-0.2, -0.15) is 10.4 Å². The first-order chi connectivity index (χ1) is 17.4. The maximum Gasteiger partial charge on any atom is 0.262 e. The normalized spacial score (nSPS) is 16.9. The molecule has 1 saturated heterocycles. The highest BCUT2D eigenvalue weighted by Crippen LogP contribution is 2.29. The van der Waals surface area contributed by atoms with Crippen molar-refractivity contribution in [2.75, 3.05) is 18.1 Å². The van der Waals surface area contributed by atoms with Crippen molar-refractivity contribution in [3.8, 4) is 28.8 Å². The number of aromatic nitrogens is 2. The van der Waals surface area contributed by atoms with E-state index in [0.717, 1.165) is 24.1 Å². The molecule has 1 aliphatic rings. The number of amides is 1. The van der Waals surface area contributed by atoms with E-state index in [-0.39, 0.29) is 17.1 Å². The summed E-state index contributed by atoms with van der Waals surface area (Å²) in [6.45, 7) is 2.71. The fraction of sp³-hybridized carbons (Fsp3) is 0.296. The van der Waals surface area contributed by atoms with Gasteiger partial charge in [-0.15, -0.1) is 0 Å². The van der Waals surface area contributed by atoms with Crippen molar-refractivity contribution in [1.29, 1.82) is 5.26 Å².